The molecular weight excluding hydrogens is 221 g/mol. The molecule has 1 atom stereocenters. The van der Waals surface area contributed by atoms with Crippen LogP contribution in [0.25, 0.3) is 11.0 Å². The minimum Gasteiger partial charge on any atom is -0.391 e. The summed E-state index contributed by atoms with van der Waals surface area (Å²) in [6.07, 6.45) is -0.431. The fourth-order valence-corrected chi connectivity index (χ4v) is 1.50. The van der Waals surface area contributed by atoms with Gasteiger partial charge in [0.05, 0.1) is 17.1 Å². The molecule has 2 aromatic rings. The molecule has 17 heavy (non-hydrogen) atoms. The lowest BCUT2D eigenvalue weighted by Gasteiger charge is -2.14. The van der Waals surface area contributed by atoms with Crippen molar-refractivity contribution >= 4 is 17.0 Å². The second-order valence-electron chi connectivity index (χ2n) is 4.44. The maximum Gasteiger partial charge on any atom is 0.201 e. The number of halogens is 1. The Labute approximate surface area is 98.9 Å². The van der Waals surface area contributed by atoms with Gasteiger partial charge in [-0.2, -0.15) is 0 Å². The Morgan fingerprint density at radius 1 is 1.47 bits per heavy atom. The van der Waals surface area contributed by atoms with Crippen molar-refractivity contribution in [2.45, 2.75) is 20.0 Å². The van der Waals surface area contributed by atoms with Crippen molar-refractivity contribution in [2.24, 2.45) is 5.92 Å². The first kappa shape index (κ1) is 11.9. The Morgan fingerprint density at radius 2 is 2.24 bits per heavy atom. The fourth-order valence-electron chi connectivity index (χ4n) is 1.50. The van der Waals surface area contributed by atoms with Gasteiger partial charge in [-0.15, -0.1) is 0 Å². The third kappa shape index (κ3) is 2.74. The molecule has 0 spiro atoms. The van der Waals surface area contributed by atoms with Crippen LogP contribution in [0.1, 0.15) is 13.8 Å². The van der Waals surface area contributed by atoms with Crippen molar-refractivity contribution in [3.63, 3.8) is 0 Å². The second-order valence-corrected chi connectivity index (χ2v) is 4.44. The third-order valence-electron chi connectivity index (χ3n) is 2.69. The summed E-state index contributed by atoms with van der Waals surface area (Å²) >= 11 is 0. The first-order valence-electron chi connectivity index (χ1n) is 5.63. The average molecular weight is 237 g/mol. The molecule has 1 unspecified atom stereocenters. The number of hydrogen-bond donors (Lipinski definition) is 3. The maximum atomic E-state index is 13.0. The largest absolute Gasteiger partial charge is 0.391 e. The van der Waals surface area contributed by atoms with Gasteiger partial charge in [-0.25, -0.2) is 9.37 Å². The molecule has 0 saturated heterocycles. The quantitative estimate of drug-likeness (QED) is 0.763. The number of nitrogens with one attached hydrogen (secondary N) is 2. The molecule has 3 N–H and O–H groups in total. The average Bonchev–Trinajstić information content (AvgIpc) is 2.67. The normalized spacial score (nSPS) is 13.2. The topological polar surface area (TPSA) is 60.9 Å². The van der Waals surface area contributed by atoms with Gasteiger partial charge >= 0.3 is 0 Å². The molecule has 0 bridgehead atoms. The zero-order chi connectivity index (χ0) is 12.4. The molecule has 2 rings (SSSR count). The number of aliphatic hydroxyl groups is 1. The summed E-state index contributed by atoms with van der Waals surface area (Å²) in [5.74, 6) is 0.435. The van der Waals surface area contributed by atoms with Crippen LogP contribution in [0.15, 0.2) is 18.2 Å². The smallest absolute Gasteiger partial charge is 0.201 e. The molecule has 0 aliphatic heterocycles. The highest BCUT2D eigenvalue weighted by Gasteiger charge is 2.10. The van der Waals surface area contributed by atoms with Crippen LogP contribution in [0.2, 0.25) is 0 Å². The molecule has 92 valence electrons. The number of nitrogens with zero attached hydrogens (tertiary/aromatic N) is 1. The number of aromatic amines is 1. The second kappa shape index (κ2) is 4.71. The number of imidazole rings is 1. The van der Waals surface area contributed by atoms with Gasteiger partial charge in [-0.05, 0) is 24.1 Å². The van der Waals surface area contributed by atoms with Crippen LogP contribution in [-0.2, 0) is 0 Å². The molecule has 1 aromatic carbocycles. The van der Waals surface area contributed by atoms with E-state index in [1.54, 1.807) is 6.07 Å². The predicted octanol–water partition coefficient (Wildman–Crippen LogP) is 2.13. The van der Waals surface area contributed by atoms with Crippen LogP contribution < -0.4 is 5.32 Å². The van der Waals surface area contributed by atoms with Crippen LogP contribution in [0, 0.1) is 11.7 Å². The Balaban J connectivity index is 2.09. The number of benzene rings is 1. The molecule has 4 nitrogen and oxygen atoms in total. The van der Waals surface area contributed by atoms with E-state index in [0.29, 0.717) is 23.5 Å². The number of aliphatic hydroxyl groups excluding tert-OH is 1. The van der Waals surface area contributed by atoms with Crippen molar-refractivity contribution < 1.29 is 9.50 Å². The molecule has 0 amide bonds. The number of aromatic nitrogens is 2. The Morgan fingerprint density at radius 3 is 2.94 bits per heavy atom. The summed E-state index contributed by atoms with van der Waals surface area (Å²) in [7, 11) is 0. The summed E-state index contributed by atoms with van der Waals surface area (Å²) < 4.78 is 13.0. The van der Waals surface area contributed by atoms with Gasteiger partial charge in [0.25, 0.3) is 0 Å². The highest BCUT2D eigenvalue weighted by Crippen LogP contribution is 2.15. The van der Waals surface area contributed by atoms with E-state index in [4.69, 9.17) is 0 Å². The van der Waals surface area contributed by atoms with Crippen LogP contribution in [0.3, 0.4) is 0 Å². The highest BCUT2D eigenvalue weighted by atomic mass is 19.1. The fraction of sp³-hybridized carbons (Fsp3) is 0.417. The molecule has 5 heteroatoms. The van der Waals surface area contributed by atoms with Crippen molar-refractivity contribution in [3.05, 3.63) is 24.0 Å². The number of hydrogen-bond acceptors (Lipinski definition) is 3. The molecule has 0 saturated carbocycles. The lowest BCUT2D eigenvalue weighted by Crippen LogP contribution is -2.25. The van der Waals surface area contributed by atoms with E-state index < -0.39 is 6.10 Å². The van der Waals surface area contributed by atoms with E-state index in [1.807, 2.05) is 13.8 Å². The van der Waals surface area contributed by atoms with E-state index in [-0.39, 0.29) is 11.7 Å². The predicted molar refractivity (Wildman–Crippen MR) is 65.4 cm³/mol. The summed E-state index contributed by atoms with van der Waals surface area (Å²) in [6, 6.07) is 4.38. The van der Waals surface area contributed by atoms with Gasteiger partial charge in [0.15, 0.2) is 0 Å². The molecular formula is C12H16FN3O. The van der Waals surface area contributed by atoms with Crippen LogP contribution in [0.5, 0.6) is 0 Å². The van der Waals surface area contributed by atoms with Crippen molar-refractivity contribution in [1.29, 1.82) is 0 Å². The minimum atomic E-state index is -0.431. The molecule has 1 heterocycles. The Hall–Kier alpha value is -1.62. The lowest BCUT2D eigenvalue weighted by molar-refractivity contribution is 0.137. The van der Waals surface area contributed by atoms with Crippen LogP contribution >= 0.6 is 0 Å². The third-order valence-corrected chi connectivity index (χ3v) is 2.69. The monoisotopic (exact) mass is 237 g/mol. The van der Waals surface area contributed by atoms with E-state index in [9.17, 15) is 9.50 Å². The number of rotatable bonds is 4. The number of anilines is 1. The lowest BCUT2D eigenvalue weighted by atomic mass is 10.1. The van der Waals surface area contributed by atoms with Crippen molar-refractivity contribution in [2.75, 3.05) is 11.9 Å². The standard InChI is InChI=1S/C12H16FN3O/c1-7(2)11(17)6-14-12-15-9-4-3-8(13)5-10(9)16-12/h3-5,7,11,17H,6H2,1-2H3,(H2,14,15,16). The minimum absolute atomic E-state index is 0.185. The first-order valence-corrected chi connectivity index (χ1v) is 5.63. The molecule has 1 aromatic heterocycles. The summed E-state index contributed by atoms with van der Waals surface area (Å²) in [4.78, 5) is 7.20. The van der Waals surface area contributed by atoms with E-state index in [1.165, 1.54) is 12.1 Å². The Bertz CT molecular complexity index is 509. The van der Waals surface area contributed by atoms with E-state index >= 15 is 0 Å². The molecule has 0 radical (unpaired) electrons. The zero-order valence-electron chi connectivity index (χ0n) is 9.87. The van der Waals surface area contributed by atoms with Gasteiger partial charge in [0, 0.05) is 6.54 Å². The van der Waals surface area contributed by atoms with Gasteiger partial charge in [0.2, 0.25) is 5.95 Å². The van der Waals surface area contributed by atoms with Gasteiger partial charge in [-0.1, -0.05) is 13.8 Å². The Kier molecular flexibility index (Phi) is 3.28. The van der Waals surface area contributed by atoms with Gasteiger partial charge in [0.1, 0.15) is 5.82 Å². The molecule has 0 aliphatic rings. The SMILES string of the molecule is CC(C)C(O)CNc1nc2ccc(F)cc2[nH]1. The van der Waals surface area contributed by atoms with E-state index in [2.05, 4.69) is 15.3 Å². The van der Waals surface area contributed by atoms with Crippen LogP contribution in [0.4, 0.5) is 10.3 Å². The number of H-pyrrole nitrogens is 1. The van der Waals surface area contributed by atoms with E-state index in [0.717, 1.165) is 0 Å². The summed E-state index contributed by atoms with van der Waals surface area (Å²) in [6.45, 7) is 4.31. The molecule has 0 fully saturated rings. The van der Waals surface area contributed by atoms with Crippen LogP contribution in [-0.4, -0.2) is 27.7 Å². The van der Waals surface area contributed by atoms with Crippen molar-refractivity contribution in [3.8, 4) is 0 Å². The highest BCUT2D eigenvalue weighted by molar-refractivity contribution is 5.77. The van der Waals surface area contributed by atoms with Gasteiger partial charge < -0.3 is 15.4 Å². The maximum absolute atomic E-state index is 13.0. The first-order chi connectivity index (χ1) is 8.06. The number of fused-ring (bicyclic) bond motifs is 1. The molecule has 0 aliphatic carbocycles. The van der Waals surface area contributed by atoms with Gasteiger partial charge in [-0.3, -0.25) is 0 Å². The zero-order valence-corrected chi connectivity index (χ0v) is 9.87. The summed E-state index contributed by atoms with van der Waals surface area (Å²) in [5, 5.41) is 12.6. The van der Waals surface area contributed by atoms with Crippen molar-refractivity contribution in [1.82, 2.24) is 9.97 Å². The summed E-state index contributed by atoms with van der Waals surface area (Å²) in [5.41, 5.74) is 1.35.